The molecule has 0 atom stereocenters. The van der Waals surface area contributed by atoms with Crippen LogP contribution in [0, 0.1) is 10.8 Å². The molecule has 18 heavy (non-hydrogen) atoms. The molecule has 1 N–H and O–H groups in total. The van der Waals surface area contributed by atoms with E-state index < -0.39 is 0 Å². The summed E-state index contributed by atoms with van der Waals surface area (Å²) in [5, 5.41) is 3.79. The van der Waals surface area contributed by atoms with Crippen molar-refractivity contribution in [3.05, 3.63) is 0 Å². The topological polar surface area (TPSA) is 15.3 Å². The predicted octanol–water partition coefficient (Wildman–Crippen LogP) is 3.52. The standard InChI is InChI=1S/C16H34N2/c1-7-18(8-2)10-9-17-14-11-15(3,4)13-16(5,6)12-14/h14,17H,7-13H2,1-6H3. The molecule has 0 unspecified atom stereocenters. The summed E-state index contributed by atoms with van der Waals surface area (Å²) in [6.45, 7) is 18.8. The van der Waals surface area contributed by atoms with Gasteiger partial charge in [-0.3, -0.25) is 0 Å². The molecule has 1 aliphatic carbocycles. The molecule has 0 saturated heterocycles. The molecule has 2 nitrogen and oxygen atoms in total. The molecule has 0 aliphatic heterocycles. The summed E-state index contributed by atoms with van der Waals surface area (Å²) in [7, 11) is 0. The van der Waals surface area contributed by atoms with Crippen molar-refractivity contribution in [1.29, 1.82) is 0 Å². The van der Waals surface area contributed by atoms with Crippen LogP contribution in [0.3, 0.4) is 0 Å². The number of nitrogens with zero attached hydrogens (tertiary/aromatic N) is 1. The van der Waals surface area contributed by atoms with Crippen LogP contribution in [0.15, 0.2) is 0 Å². The highest BCUT2D eigenvalue weighted by molar-refractivity contribution is 4.92. The lowest BCUT2D eigenvalue weighted by atomic mass is 9.63. The Balaban J connectivity index is 2.38. The minimum Gasteiger partial charge on any atom is -0.313 e. The molecule has 0 aromatic rings. The van der Waals surface area contributed by atoms with E-state index in [-0.39, 0.29) is 0 Å². The van der Waals surface area contributed by atoms with Gasteiger partial charge < -0.3 is 10.2 Å². The highest BCUT2D eigenvalue weighted by Gasteiger charge is 2.37. The predicted molar refractivity (Wildman–Crippen MR) is 81.0 cm³/mol. The van der Waals surface area contributed by atoms with E-state index in [1.165, 1.54) is 38.9 Å². The first-order valence-electron chi connectivity index (χ1n) is 7.74. The smallest absolute Gasteiger partial charge is 0.0107 e. The minimum atomic E-state index is 0.495. The number of nitrogens with one attached hydrogen (secondary N) is 1. The van der Waals surface area contributed by atoms with Crippen molar-refractivity contribution in [2.75, 3.05) is 26.2 Å². The molecule has 1 saturated carbocycles. The first-order chi connectivity index (χ1) is 8.28. The van der Waals surface area contributed by atoms with Crippen LogP contribution in [0.25, 0.3) is 0 Å². The van der Waals surface area contributed by atoms with Crippen LogP contribution in [0.4, 0.5) is 0 Å². The number of likely N-dealkylation sites (N-methyl/N-ethyl adjacent to an activating group) is 1. The van der Waals surface area contributed by atoms with E-state index in [2.05, 4.69) is 51.8 Å². The number of rotatable bonds is 6. The van der Waals surface area contributed by atoms with Gasteiger partial charge in [-0.2, -0.15) is 0 Å². The zero-order valence-corrected chi connectivity index (χ0v) is 13.5. The lowest BCUT2D eigenvalue weighted by molar-refractivity contribution is 0.0840. The molecule has 0 aromatic heterocycles. The largest absolute Gasteiger partial charge is 0.313 e. The molecule has 0 bridgehead atoms. The Hall–Kier alpha value is -0.0800. The molecule has 0 heterocycles. The van der Waals surface area contributed by atoms with E-state index in [1.807, 2.05) is 0 Å². The van der Waals surface area contributed by atoms with Crippen molar-refractivity contribution in [1.82, 2.24) is 10.2 Å². The average Bonchev–Trinajstić information content (AvgIpc) is 2.20. The summed E-state index contributed by atoms with van der Waals surface area (Å²) < 4.78 is 0. The Morgan fingerprint density at radius 3 is 1.94 bits per heavy atom. The first-order valence-corrected chi connectivity index (χ1v) is 7.74. The van der Waals surface area contributed by atoms with E-state index in [0.29, 0.717) is 16.9 Å². The summed E-state index contributed by atoms with van der Waals surface area (Å²) in [6, 6.07) is 0.708. The van der Waals surface area contributed by atoms with Crippen LogP contribution in [0.5, 0.6) is 0 Å². The molecular weight excluding hydrogens is 220 g/mol. The fourth-order valence-electron chi connectivity index (χ4n) is 3.96. The van der Waals surface area contributed by atoms with Gasteiger partial charge in [0.25, 0.3) is 0 Å². The van der Waals surface area contributed by atoms with Crippen LogP contribution >= 0.6 is 0 Å². The van der Waals surface area contributed by atoms with Gasteiger partial charge in [-0.1, -0.05) is 41.5 Å². The van der Waals surface area contributed by atoms with Gasteiger partial charge in [0.1, 0.15) is 0 Å². The summed E-state index contributed by atoms with van der Waals surface area (Å²) in [5.41, 5.74) is 0.989. The second-order valence-electron chi connectivity index (χ2n) is 7.59. The maximum Gasteiger partial charge on any atom is 0.0107 e. The zero-order chi connectivity index (χ0) is 13.8. The van der Waals surface area contributed by atoms with Crippen molar-refractivity contribution in [3.63, 3.8) is 0 Å². The van der Waals surface area contributed by atoms with E-state index >= 15 is 0 Å². The molecule has 0 amide bonds. The lowest BCUT2D eigenvalue weighted by Crippen LogP contribution is -2.45. The van der Waals surface area contributed by atoms with Gasteiger partial charge in [0.05, 0.1) is 0 Å². The van der Waals surface area contributed by atoms with Gasteiger partial charge in [0.15, 0.2) is 0 Å². The monoisotopic (exact) mass is 254 g/mol. The van der Waals surface area contributed by atoms with Gasteiger partial charge in [-0.15, -0.1) is 0 Å². The van der Waals surface area contributed by atoms with Crippen molar-refractivity contribution in [2.45, 2.75) is 66.8 Å². The normalized spacial score (nSPS) is 23.5. The van der Waals surface area contributed by atoms with Crippen LogP contribution in [-0.2, 0) is 0 Å². The highest BCUT2D eigenvalue weighted by atomic mass is 15.1. The maximum atomic E-state index is 3.79. The Morgan fingerprint density at radius 1 is 1.00 bits per heavy atom. The number of hydrogen-bond donors (Lipinski definition) is 1. The van der Waals surface area contributed by atoms with E-state index in [1.54, 1.807) is 0 Å². The Labute approximate surface area is 115 Å². The fraction of sp³-hybridized carbons (Fsp3) is 1.00. The van der Waals surface area contributed by atoms with Gasteiger partial charge in [0, 0.05) is 19.1 Å². The summed E-state index contributed by atoms with van der Waals surface area (Å²) >= 11 is 0. The van der Waals surface area contributed by atoms with Gasteiger partial charge in [-0.25, -0.2) is 0 Å². The summed E-state index contributed by atoms with van der Waals surface area (Å²) in [6.07, 6.45) is 4.01. The average molecular weight is 254 g/mol. The van der Waals surface area contributed by atoms with Crippen molar-refractivity contribution >= 4 is 0 Å². The third kappa shape index (κ3) is 5.27. The van der Waals surface area contributed by atoms with Crippen LogP contribution < -0.4 is 5.32 Å². The number of hydrogen-bond acceptors (Lipinski definition) is 2. The molecule has 1 fully saturated rings. The second-order valence-corrected chi connectivity index (χ2v) is 7.59. The molecule has 1 aliphatic rings. The molecular formula is C16H34N2. The van der Waals surface area contributed by atoms with Crippen LogP contribution in [-0.4, -0.2) is 37.1 Å². The molecule has 0 radical (unpaired) electrons. The molecule has 108 valence electrons. The Morgan fingerprint density at radius 2 is 1.50 bits per heavy atom. The van der Waals surface area contributed by atoms with Gasteiger partial charge in [0.2, 0.25) is 0 Å². The third-order valence-electron chi connectivity index (χ3n) is 4.31. The fourth-order valence-corrected chi connectivity index (χ4v) is 3.96. The first kappa shape index (κ1) is 16.0. The highest BCUT2D eigenvalue weighted by Crippen LogP contribution is 2.45. The van der Waals surface area contributed by atoms with Crippen molar-refractivity contribution in [2.24, 2.45) is 10.8 Å². The molecule has 0 aromatic carbocycles. The Bertz CT molecular complexity index is 225. The third-order valence-corrected chi connectivity index (χ3v) is 4.31. The maximum absolute atomic E-state index is 3.79. The van der Waals surface area contributed by atoms with Crippen LogP contribution in [0.2, 0.25) is 0 Å². The van der Waals surface area contributed by atoms with Crippen LogP contribution in [0.1, 0.15) is 60.8 Å². The quantitative estimate of drug-likeness (QED) is 0.780. The van der Waals surface area contributed by atoms with E-state index in [4.69, 9.17) is 0 Å². The summed E-state index contributed by atoms with van der Waals surface area (Å²) in [4.78, 5) is 2.49. The van der Waals surface area contributed by atoms with Crippen molar-refractivity contribution in [3.8, 4) is 0 Å². The Kier molecular flexibility index (Phi) is 5.67. The van der Waals surface area contributed by atoms with E-state index in [9.17, 15) is 0 Å². The SMILES string of the molecule is CCN(CC)CCNC1CC(C)(C)CC(C)(C)C1. The zero-order valence-electron chi connectivity index (χ0n) is 13.5. The van der Waals surface area contributed by atoms with Gasteiger partial charge >= 0.3 is 0 Å². The van der Waals surface area contributed by atoms with Crippen molar-refractivity contribution < 1.29 is 0 Å². The minimum absolute atomic E-state index is 0.495. The lowest BCUT2D eigenvalue weighted by Gasteiger charge is -2.45. The molecule has 0 spiro atoms. The van der Waals surface area contributed by atoms with Gasteiger partial charge in [-0.05, 0) is 43.2 Å². The summed E-state index contributed by atoms with van der Waals surface area (Å²) in [5.74, 6) is 0. The molecule has 1 rings (SSSR count). The van der Waals surface area contributed by atoms with E-state index in [0.717, 1.165) is 6.54 Å². The molecule has 2 heteroatoms. The second kappa shape index (κ2) is 6.38.